The zero-order chi connectivity index (χ0) is 11.3. The summed E-state index contributed by atoms with van der Waals surface area (Å²) in [6, 6.07) is 0.113. The Morgan fingerprint density at radius 2 is 2.40 bits per heavy atom. The van der Waals surface area contributed by atoms with Crippen LogP contribution in [0.3, 0.4) is 0 Å². The van der Waals surface area contributed by atoms with Crippen LogP contribution in [0.5, 0.6) is 0 Å². The summed E-state index contributed by atoms with van der Waals surface area (Å²) in [5.41, 5.74) is 5.61. The number of nitrogens with zero attached hydrogens (tertiary/aromatic N) is 1. The van der Waals surface area contributed by atoms with Gasteiger partial charge in [-0.15, -0.1) is 0 Å². The van der Waals surface area contributed by atoms with Gasteiger partial charge < -0.3 is 20.7 Å². The third-order valence-corrected chi connectivity index (χ3v) is 2.48. The van der Waals surface area contributed by atoms with Gasteiger partial charge in [-0.25, -0.2) is 0 Å². The van der Waals surface area contributed by atoms with Gasteiger partial charge in [-0.3, -0.25) is 4.79 Å². The average Bonchev–Trinajstić information content (AvgIpc) is 2.25. The molecule has 1 atom stereocenters. The first-order chi connectivity index (χ1) is 7.15. The van der Waals surface area contributed by atoms with E-state index in [-0.39, 0.29) is 24.7 Å². The van der Waals surface area contributed by atoms with Crippen LogP contribution in [-0.2, 0) is 9.53 Å². The number of rotatable bonds is 4. The molecule has 5 heteroatoms. The SMILES string of the molecule is CC(C)OCC(=O)N1CCNCC1CN. The van der Waals surface area contributed by atoms with Gasteiger partial charge in [0.15, 0.2) is 0 Å². The molecule has 1 rings (SSSR count). The van der Waals surface area contributed by atoms with Crippen LogP contribution in [-0.4, -0.2) is 55.7 Å². The van der Waals surface area contributed by atoms with Crippen LogP contribution in [0.2, 0.25) is 0 Å². The van der Waals surface area contributed by atoms with Gasteiger partial charge in [-0.05, 0) is 13.8 Å². The Bertz CT molecular complexity index is 209. The van der Waals surface area contributed by atoms with Crippen molar-refractivity contribution in [3.05, 3.63) is 0 Å². The second-order valence-corrected chi connectivity index (χ2v) is 4.04. The van der Waals surface area contributed by atoms with E-state index in [2.05, 4.69) is 5.32 Å². The van der Waals surface area contributed by atoms with Gasteiger partial charge in [-0.1, -0.05) is 0 Å². The number of ether oxygens (including phenoxy) is 1. The number of piperazine rings is 1. The van der Waals surface area contributed by atoms with Gasteiger partial charge in [-0.2, -0.15) is 0 Å². The maximum atomic E-state index is 11.8. The molecule has 0 aromatic rings. The van der Waals surface area contributed by atoms with Crippen LogP contribution in [0.4, 0.5) is 0 Å². The lowest BCUT2D eigenvalue weighted by atomic mass is 10.2. The highest BCUT2D eigenvalue weighted by Crippen LogP contribution is 2.03. The van der Waals surface area contributed by atoms with E-state index < -0.39 is 0 Å². The largest absolute Gasteiger partial charge is 0.369 e. The van der Waals surface area contributed by atoms with Crippen molar-refractivity contribution in [1.82, 2.24) is 10.2 Å². The van der Waals surface area contributed by atoms with Crippen LogP contribution in [0.15, 0.2) is 0 Å². The highest BCUT2D eigenvalue weighted by atomic mass is 16.5. The minimum absolute atomic E-state index is 0.0423. The van der Waals surface area contributed by atoms with Crippen molar-refractivity contribution in [2.45, 2.75) is 26.0 Å². The Kier molecular flexibility index (Phi) is 5.01. The molecule has 0 aliphatic carbocycles. The second kappa shape index (κ2) is 6.05. The molecule has 0 aromatic carbocycles. The molecule has 1 amide bonds. The minimum atomic E-state index is 0.0423. The molecule has 1 saturated heterocycles. The number of nitrogens with one attached hydrogen (secondary N) is 1. The van der Waals surface area contributed by atoms with Crippen LogP contribution in [0.25, 0.3) is 0 Å². The lowest BCUT2D eigenvalue weighted by Gasteiger charge is -2.35. The van der Waals surface area contributed by atoms with E-state index in [0.717, 1.165) is 19.6 Å². The maximum absolute atomic E-state index is 11.8. The summed E-state index contributed by atoms with van der Waals surface area (Å²) in [5.74, 6) is 0.0423. The standard InChI is InChI=1S/C10H21N3O2/c1-8(2)15-7-10(14)13-4-3-12-6-9(13)5-11/h8-9,12H,3-7,11H2,1-2H3. The molecule has 3 N–H and O–H groups in total. The topological polar surface area (TPSA) is 67.6 Å². The first kappa shape index (κ1) is 12.4. The summed E-state index contributed by atoms with van der Waals surface area (Å²) >= 11 is 0. The van der Waals surface area contributed by atoms with Gasteiger partial charge in [0.2, 0.25) is 5.91 Å². The average molecular weight is 215 g/mol. The van der Waals surface area contributed by atoms with E-state index in [1.165, 1.54) is 0 Å². The Labute approximate surface area is 90.9 Å². The van der Waals surface area contributed by atoms with Crippen LogP contribution in [0.1, 0.15) is 13.8 Å². The predicted molar refractivity (Wildman–Crippen MR) is 58.5 cm³/mol. The van der Waals surface area contributed by atoms with Crippen molar-refractivity contribution in [2.24, 2.45) is 5.73 Å². The van der Waals surface area contributed by atoms with Crippen molar-refractivity contribution in [3.8, 4) is 0 Å². The maximum Gasteiger partial charge on any atom is 0.248 e. The molecule has 5 nitrogen and oxygen atoms in total. The molecular formula is C10H21N3O2. The molecule has 0 spiro atoms. The molecule has 1 aliphatic heterocycles. The van der Waals surface area contributed by atoms with Crippen molar-refractivity contribution >= 4 is 5.91 Å². The fourth-order valence-electron chi connectivity index (χ4n) is 1.62. The normalized spacial score (nSPS) is 22.1. The molecule has 0 aromatic heterocycles. The molecule has 1 unspecified atom stereocenters. The first-order valence-electron chi connectivity index (χ1n) is 5.47. The minimum Gasteiger partial charge on any atom is -0.369 e. The van der Waals surface area contributed by atoms with Gasteiger partial charge in [0.25, 0.3) is 0 Å². The predicted octanol–water partition coefficient (Wildman–Crippen LogP) is -0.829. The van der Waals surface area contributed by atoms with E-state index in [0.29, 0.717) is 6.54 Å². The Morgan fingerprint density at radius 1 is 1.67 bits per heavy atom. The number of hydrogen-bond acceptors (Lipinski definition) is 4. The number of carbonyl (C=O) groups is 1. The third-order valence-electron chi connectivity index (χ3n) is 2.48. The fraction of sp³-hybridized carbons (Fsp3) is 0.900. The number of amides is 1. The second-order valence-electron chi connectivity index (χ2n) is 4.04. The summed E-state index contributed by atoms with van der Waals surface area (Å²) in [4.78, 5) is 13.6. The molecule has 1 aliphatic rings. The number of nitrogens with two attached hydrogens (primary N) is 1. The summed E-state index contributed by atoms with van der Waals surface area (Å²) in [5, 5.41) is 3.22. The van der Waals surface area contributed by atoms with Crippen molar-refractivity contribution < 1.29 is 9.53 Å². The molecule has 1 fully saturated rings. The molecule has 15 heavy (non-hydrogen) atoms. The first-order valence-corrected chi connectivity index (χ1v) is 5.47. The Hall–Kier alpha value is -0.650. The number of carbonyl (C=O) groups excluding carboxylic acids is 1. The van der Waals surface area contributed by atoms with E-state index in [4.69, 9.17) is 10.5 Å². The van der Waals surface area contributed by atoms with E-state index in [1.54, 1.807) is 0 Å². The third kappa shape index (κ3) is 3.77. The Balaban J connectivity index is 2.41. The highest BCUT2D eigenvalue weighted by Gasteiger charge is 2.25. The van der Waals surface area contributed by atoms with E-state index in [9.17, 15) is 4.79 Å². The quantitative estimate of drug-likeness (QED) is 0.642. The monoisotopic (exact) mass is 215 g/mol. The smallest absolute Gasteiger partial charge is 0.248 e. The molecule has 0 radical (unpaired) electrons. The van der Waals surface area contributed by atoms with Crippen molar-refractivity contribution in [2.75, 3.05) is 32.8 Å². The lowest BCUT2D eigenvalue weighted by Crippen LogP contribution is -2.57. The molecular weight excluding hydrogens is 194 g/mol. The van der Waals surface area contributed by atoms with Gasteiger partial charge in [0, 0.05) is 26.2 Å². The summed E-state index contributed by atoms with van der Waals surface area (Å²) in [6.45, 7) is 6.85. The fourth-order valence-corrected chi connectivity index (χ4v) is 1.62. The molecule has 1 heterocycles. The molecule has 0 saturated carbocycles. The lowest BCUT2D eigenvalue weighted by molar-refractivity contribution is -0.140. The van der Waals surface area contributed by atoms with E-state index in [1.807, 2.05) is 18.7 Å². The summed E-state index contributed by atoms with van der Waals surface area (Å²) < 4.78 is 5.30. The highest BCUT2D eigenvalue weighted by molar-refractivity contribution is 5.78. The van der Waals surface area contributed by atoms with Crippen molar-refractivity contribution in [1.29, 1.82) is 0 Å². The van der Waals surface area contributed by atoms with Gasteiger partial charge >= 0.3 is 0 Å². The van der Waals surface area contributed by atoms with Crippen LogP contribution in [0, 0.1) is 0 Å². The van der Waals surface area contributed by atoms with Gasteiger partial charge in [0.1, 0.15) is 6.61 Å². The zero-order valence-corrected chi connectivity index (χ0v) is 9.53. The summed E-state index contributed by atoms with van der Waals surface area (Å²) in [7, 11) is 0. The van der Waals surface area contributed by atoms with E-state index >= 15 is 0 Å². The zero-order valence-electron chi connectivity index (χ0n) is 9.53. The van der Waals surface area contributed by atoms with Gasteiger partial charge in [0.05, 0.1) is 12.1 Å². The van der Waals surface area contributed by atoms with Crippen LogP contribution >= 0.6 is 0 Å². The number of hydrogen-bond donors (Lipinski definition) is 2. The molecule has 88 valence electrons. The summed E-state index contributed by atoms with van der Waals surface area (Å²) in [6.07, 6.45) is 0.0909. The van der Waals surface area contributed by atoms with Crippen molar-refractivity contribution in [3.63, 3.8) is 0 Å². The Morgan fingerprint density at radius 3 is 3.00 bits per heavy atom. The molecule has 0 bridgehead atoms. The van der Waals surface area contributed by atoms with Crippen LogP contribution < -0.4 is 11.1 Å².